The fourth-order valence-electron chi connectivity index (χ4n) is 1.48. The third kappa shape index (κ3) is 2.18. The lowest BCUT2D eigenvalue weighted by molar-refractivity contribution is -0.504. The second-order valence-corrected chi connectivity index (χ2v) is 3.12. The monoisotopic (exact) mass is 227 g/mol. The van der Waals surface area contributed by atoms with Gasteiger partial charge in [0.15, 0.2) is 0 Å². The van der Waals surface area contributed by atoms with Gasteiger partial charge in [0.05, 0.1) is 6.61 Å². The predicted octanol–water partition coefficient (Wildman–Crippen LogP) is 1.00. The molecule has 3 atom stereocenters. The maximum Gasteiger partial charge on any atom is 0.399 e. The Morgan fingerprint density at radius 3 is 2.33 bits per heavy atom. The van der Waals surface area contributed by atoms with Crippen LogP contribution in [0, 0.1) is 22.0 Å². The molecule has 0 spiro atoms. The third-order valence-electron chi connectivity index (χ3n) is 2.16. The largest absolute Gasteiger partial charge is 0.466 e. The van der Waals surface area contributed by atoms with E-state index in [9.17, 15) is 28.1 Å². The minimum absolute atomic E-state index is 0.0929. The Balaban J connectivity index is 2.74. The fourth-order valence-corrected chi connectivity index (χ4v) is 1.48. The van der Waals surface area contributed by atoms with Crippen molar-refractivity contribution in [3.8, 4) is 0 Å². The number of nitro groups is 1. The van der Waals surface area contributed by atoms with Gasteiger partial charge in [0.1, 0.15) is 11.8 Å². The third-order valence-corrected chi connectivity index (χ3v) is 2.16. The van der Waals surface area contributed by atoms with E-state index in [-0.39, 0.29) is 6.61 Å². The summed E-state index contributed by atoms with van der Waals surface area (Å²) < 4.78 is 40.9. The highest BCUT2D eigenvalue weighted by atomic mass is 19.4. The van der Waals surface area contributed by atoms with Crippen molar-refractivity contribution in [1.29, 1.82) is 0 Å². The molecular weight excluding hydrogens is 219 g/mol. The van der Waals surface area contributed by atoms with Gasteiger partial charge in [-0.15, -0.1) is 0 Å². The molecule has 0 unspecified atom stereocenters. The molecule has 1 saturated carbocycles. The van der Waals surface area contributed by atoms with Gasteiger partial charge >= 0.3 is 12.1 Å². The molecule has 1 fully saturated rings. The SMILES string of the molecule is CCOC(=O)[C@@H]1[C@@H]([N+](=O)[O-])[C@H]1C(F)(F)F. The molecule has 0 heterocycles. The lowest BCUT2D eigenvalue weighted by atomic mass is 10.3. The molecule has 1 rings (SSSR count). The predicted molar refractivity (Wildman–Crippen MR) is 40.5 cm³/mol. The molecule has 0 aromatic carbocycles. The molecule has 0 aromatic heterocycles. The molecule has 15 heavy (non-hydrogen) atoms. The van der Waals surface area contributed by atoms with Crippen LogP contribution in [0.5, 0.6) is 0 Å². The summed E-state index contributed by atoms with van der Waals surface area (Å²) in [6.45, 7) is 1.33. The van der Waals surface area contributed by atoms with Gasteiger partial charge in [-0.1, -0.05) is 0 Å². The Hall–Kier alpha value is -1.34. The second-order valence-electron chi connectivity index (χ2n) is 3.12. The Morgan fingerprint density at radius 1 is 1.53 bits per heavy atom. The van der Waals surface area contributed by atoms with Crippen molar-refractivity contribution in [1.82, 2.24) is 0 Å². The number of carbonyl (C=O) groups excluding carboxylic acids is 1. The Morgan fingerprint density at radius 2 is 2.07 bits per heavy atom. The number of rotatable bonds is 3. The summed E-state index contributed by atoms with van der Waals surface area (Å²) in [4.78, 5) is 20.1. The molecule has 1 aliphatic carbocycles. The van der Waals surface area contributed by atoms with E-state index in [1.165, 1.54) is 6.92 Å². The smallest absolute Gasteiger partial charge is 0.399 e. The topological polar surface area (TPSA) is 69.4 Å². The molecule has 8 heteroatoms. The average molecular weight is 227 g/mol. The minimum atomic E-state index is -4.73. The fraction of sp³-hybridized carbons (Fsp3) is 0.857. The zero-order chi connectivity index (χ0) is 11.8. The van der Waals surface area contributed by atoms with Crippen LogP contribution < -0.4 is 0 Å². The van der Waals surface area contributed by atoms with E-state index in [1.54, 1.807) is 0 Å². The van der Waals surface area contributed by atoms with Gasteiger partial charge in [0.25, 0.3) is 0 Å². The number of ether oxygens (including phenoxy) is 1. The minimum Gasteiger partial charge on any atom is -0.466 e. The van der Waals surface area contributed by atoms with Crippen molar-refractivity contribution in [2.75, 3.05) is 6.61 Å². The lowest BCUT2D eigenvalue weighted by Crippen LogP contribution is -2.17. The number of esters is 1. The summed E-state index contributed by atoms with van der Waals surface area (Å²) in [5.41, 5.74) is 0. The molecule has 0 aliphatic heterocycles. The zero-order valence-electron chi connectivity index (χ0n) is 7.65. The van der Waals surface area contributed by atoms with E-state index in [0.717, 1.165) is 0 Å². The molecule has 0 aromatic rings. The highest BCUT2D eigenvalue weighted by molar-refractivity contribution is 5.77. The number of hydrogen-bond donors (Lipinski definition) is 0. The zero-order valence-corrected chi connectivity index (χ0v) is 7.65. The summed E-state index contributed by atoms with van der Waals surface area (Å²) in [7, 11) is 0. The Labute approximate surface area is 82.3 Å². The Kier molecular flexibility index (Phi) is 2.87. The first-order chi connectivity index (χ1) is 6.80. The van der Waals surface area contributed by atoms with Gasteiger partial charge in [-0.05, 0) is 6.92 Å². The van der Waals surface area contributed by atoms with Crippen LogP contribution in [0.1, 0.15) is 6.92 Å². The summed E-state index contributed by atoms with van der Waals surface area (Å²) in [5, 5.41) is 10.2. The quantitative estimate of drug-likeness (QED) is 0.409. The van der Waals surface area contributed by atoms with Crippen molar-refractivity contribution >= 4 is 5.97 Å². The number of nitrogens with zero attached hydrogens (tertiary/aromatic N) is 1. The maximum atomic E-state index is 12.2. The normalized spacial score (nSPS) is 29.7. The van der Waals surface area contributed by atoms with Crippen LogP contribution in [-0.2, 0) is 9.53 Å². The van der Waals surface area contributed by atoms with Gasteiger partial charge in [-0.2, -0.15) is 13.2 Å². The van der Waals surface area contributed by atoms with E-state index >= 15 is 0 Å². The molecule has 0 radical (unpaired) electrons. The van der Waals surface area contributed by atoms with Crippen molar-refractivity contribution in [2.24, 2.45) is 11.8 Å². The van der Waals surface area contributed by atoms with Gasteiger partial charge < -0.3 is 4.74 Å². The molecule has 0 saturated heterocycles. The molecule has 0 amide bonds. The molecule has 0 bridgehead atoms. The van der Waals surface area contributed by atoms with Gasteiger partial charge in [-0.25, -0.2) is 0 Å². The Bertz CT molecular complexity index is 290. The summed E-state index contributed by atoms with van der Waals surface area (Å²) in [6.07, 6.45) is -4.73. The first-order valence-corrected chi connectivity index (χ1v) is 4.17. The van der Waals surface area contributed by atoms with Crippen molar-refractivity contribution < 1.29 is 27.6 Å². The maximum absolute atomic E-state index is 12.2. The highest BCUT2D eigenvalue weighted by Gasteiger charge is 2.76. The van der Waals surface area contributed by atoms with Crippen LogP contribution >= 0.6 is 0 Å². The van der Waals surface area contributed by atoms with E-state index in [0.29, 0.717) is 0 Å². The van der Waals surface area contributed by atoms with Crippen LogP contribution in [0.25, 0.3) is 0 Å². The van der Waals surface area contributed by atoms with E-state index in [2.05, 4.69) is 4.74 Å². The van der Waals surface area contributed by atoms with Crippen LogP contribution in [-0.4, -0.2) is 29.7 Å². The number of carbonyl (C=O) groups is 1. The first-order valence-electron chi connectivity index (χ1n) is 4.17. The standard InChI is InChI=1S/C7H8F3NO4/c1-2-15-6(12)3-4(7(8,9)10)5(3)11(13)14/h3-5H,2H2,1H3/t3-,4-,5+/m0/s1. The molecular formula is C7H8F3NO4. The number of hydrogen-bond acceptors (Lipinski definition) is 4. The molecule has 86 valence electrons. The van der Waals surface area contributed by atoms with Crippen molar-refractivity contribution in [3.63, 3.8) is 0 Å². The lowest BCUT2D eigenvalue weighted by Gasteiger charge is -2.02. The number of alkyl halides is 3. The van der Waals surface area contributed by atoms with Gasteiger partial charge in [0, 0.05) is 4.92 Å². The summed E-state index contributed by atoms with van der Waals surface area (Å²) in [6, 6.07) is -1.89. The second kappa shape index (κ2) is 3.67. The number of halogens is 3. The average Bonchev–Trinajstić information content (AvgIpc) is 2.77. The van der Waals surface area contributed by atoms with Crippen LogP contribution in [0.3, 0.4) is 0 Å². The van der Waals surface area contributed by atoms with E-state index < -0.39 is 34.9 Å². The van der Waals surface area contributed by atoms with Crippen LogP contribution in [0.2, 0.25) is 0 Å². The molecule has 5 nitrogen and oxygen atoms in total. The van der Waals surface area contributed by atoms with Crippen molar-refractivity contribution in [3.05, 3.63) is 10.1 Å². The summed E-state index contributed by atoms with van der Waals surface area (Å²) in [5.74, 6) is -5.03. The van der Waals surface area contributed by atoms with Gasteiger partial charge in [-0.3, -0.25) is 14.9 Å². The van der Waals surface area contributed by atoms with E-state index in [4.69, 9.17) is 0 Å². The highest BCUT2D eigenvalue weighted by Crippen LogP contribution is 2.52. The molecule has 1 aliphatic rings. The van der Waals surface area contributed by atoms with E-state index in [1.807, 2.05) is 0 Å². The first kappa shape index (κ1) is 11.7. The van der Waals surface area contributed by atoms with Crippen molar-refractivity contribution in [2.45, 2.75) is 19.1 Å². The summed E-state index contributed by atoms with van der Waals surface area (Å²) >= 11 is 0. The molecule has 0 N–H and O–H groups in total. The van der Waals surface area contributed by atoms with Gasteiger partial charge in [0.2, 0.25) is 6.04 Å². The van der Waals surface area contributed by atoms with Crippen LogP contribution in [0.15, 0.2) is 0 Å². The van der Waals surface area contributed by atoms with Crippen LogP contribution in [0.4, 0.5) is 13.2 Å².